The number of aromatic hydroxyl groups is 1. The summed E-state index contributed by atoms with van der Waals surface area (Å²) in [4.78, 5) is 12.6. The molecule has 0 atom stereocenters. The molecule has 0 unspecified atom stereocenters. The van der Waals surface area contributed by atoms with E-state index in [1.165, 1.54) is 0 Å². The van der Waals surface area contributed by atoms with Crippen molar-refractivity contribution in [1.29, 1.82) is 0 Å². The third-order valence-corrected chi connectivity index (χ3v) is 3.70. The van der Waals surface area contributed by atoms with E-state index in [4.69, 9.17) is 0 Å². The van der Waals surface area contributed by atoms with E-state index >= 15 is 0 Å². The first-order chi connectivity index (χ1) is 9.77. The molecule has 0 saturated heterocycles. The Balaban J connectivity index is 2.25. The lowest BCUT2D eigenvalue weighted by atomic mass is 10.0. The molecule has 2 heterocycles. The molecule has 0 saturated carbocycles. The van der Waals surface area contributed by atoms with Gasteiger partial charge in [-0.15, -0.1) is 0 Å². The van der Waals surface area contributed by atoms with Crippen LogP contribution in [0.25, 0.3) is 27.4 Å². The fourth-order valence-electron chi connectivity index (χ4n) is 2.78. The fourth-order valence-corrected chi connectivity index (χ4v) is 2.78. The van der Waals surface area contributed by atoms with Gasteiger partial charge >= 0.3 is 0 Å². The Labute approximate surface area is 114 Å². The van der Waals surface area contributed by atoms with E-state index in [0.717, 1.165) is 16.5 Å². The van der Waals surface area contributed by atoms with Crippen LogP contribution in [-0.2, 0) is 0 Å². The van der Waals surface area contributed by atoms with Crippen molar-refractivity contribution in [2.75, 3.05) is 0 Å². The molecule has 4 aromatic rings. The lowest BCUT2D eigenvalue weighted by molar-refractivity contribution is 0.482. The monoisotopic (exact) mass is 261 g/mol. The Morgan fingerprint density at radius 3 is 2.50 bits per heavy atom. The minimum absolute atomic E-state index is 0.0537. The van der Waals surface area contributed by atoms with Crippen LogP contribution >= 0.6 is 0 Å². The van der Waals surface area contributed by atoms with Crippen molar-refractivity contribution in [2.45, 2.75) is 0 Å². The molecule has 2 aromatic carbocycles. The van der Waals surface area contributed by atoms with Gasteiger partial charge in [0.1, 0.15) is 5.75 Å². The molecule has 1 N–H and O–H groups in total. The summed E-state index contributed by atoms with van der Waals surface area (Å²) in [5.41, 5.74) is 1.66. The maximum absolute atomic E-state index is 12.6. The van der Waals surface area contributed by atoms with Crippen LogP contribution in [0, 0.1) is 0 Å². The fraction of sp³-hybridized carbons (Fsp3) is 0. The Kier molecular flexibility index (Phi) is 2.12. The van der Waals surface area contributed by atoms with Crippen molar-refractivity contribution < 1.29 is 5.11 Å². The number of aromatic nitrogens is 1. The first-order valence-electron chi connectivity index (χ1n) is 6.41. The second-order valence-electron chi connectivity index (χ2n) is 4.82. The molecule has 0 amide bonds. The minimum Gasteiger partial charge on any atom is -0.506 e. The number of rotatable bonds is 1. The number of hydrogen-bond acceptors (Lipinski definition) is 2. The van der Waals surface area contributed by atoms with Crippen molar-refractivity contribution in [3.63, 3.8) is 0 Å². The lowest BCUT2D eigenvalue weighted by Crippen LogP contribution is -2.14. The molecular formula is C17H11NO2. The van der Waals surface area contributed by atoms with Crippen LogP contribution in [0.3, 0.4) is 0 Å². The van der Waals surface area contributed by atoms with Gasteiger partial charge in [0, 0.05) is 17.0 Å². The molecular weight excluding hydrogens is 250 g/mol. The van der Waals surface area contributed by atoms with Gasteiger partial charge in [-0.3, -0.25) is 9.20 Å². The molecule has 0 bridgehead atoms. The number of pyridine rings is 1. The van der Waals surface area contributed by atoms with E-state index in [-0.39, 0.29) is 11.3 Å². The van der Waals surface area contributed by atoms with Crippen LogP contribution < -0.4 is 5.56 Å². The quantitative estimate of drug-likeness (QED) is 0.571. The number of hydrogen-bond donors (Lipinski definition) is 1. The van der Waals surface area contributed by atoms with Crippen molar-refractivity contribution in [3.05, 3.63) is 71.1 Å². The first kappa shape index (κ1) is 11.1. The maximum Gasteiger partial charge on any atom is 0.266 e. The van der Waals surface area contributed by atoms with Crippen LogP contribution in [0.5, 0.6) is 5.75 Å². The molecule has 20 heavy (non-hydrogen) atoms. The Morgan fingerprint density at radius 2 is 1.70 bits per heavy atom. The van der Waals surface area contributed by atoms with Gasteiger partial charge in [0.25, 0.3) is 5.56 Å². The summed E-state index contributed by atoms with van der Waals surface area (Å²) in [5, 5.41) is 12.2. The average molecular weight is 261 g/mol. The minimum atomic E-state index is -0.192. The van der Waals surface area contributed by atoms with Gasteiger partial charge in [-0.1, -0.05) is 42.5 Å². The topological polar surface area (TPSA) is 41.7 Å². The smallest absolute Gasteiger partial charge is 0.266 e. The Hall–Kier alpha value is -2.81. The van der Waals surface area contributed by atoms with Crippen LogP contribution in [-0.4, -0.2) is 9.51 Å². The second kappa shape index (κ2) is 3.84. The van der Waals surface area contributed by atoms with Crippen LogP contribution in [0.15, 0.2) is 65.6 Å². The normalized spacial score (nSPS) is 11.4. The van der Waals surface area contributed by atoms with Crippen molar-refractivity contribution in [3.8, 4) is 16.9 Å². The molecule has 0 aliphatic rings. The molecule has 3 nitrogen and oxygen atoms in total. The molecule has 96 valence electrons. The molecule has 2 aromatic heterocycles. The summed E-state index contributed by atoms with van der Waals surface area (Å²) >= 11 is 0. The van der Waals surface area contributed by atoms with Gasteiger partial charge in [0.05, 0.1) is 11.1 Å². The van der Waals surface area contributed by atoms with Crippen molar-refractivity contribution in [1.82, 2.24) is 4.40 Å². The highest BCUT2D eigenvalue weighted by Gasteiger charge is 2.17. The lowest BCUT2D eigenvalue weighted by Gasteiger charge is -2.09. The van der Waals surface area contributed by atoms with E-state index in [0.29, 0.717) is 10.9 Å². The maximum atomic E-state index is 12.6. The highest BCUT2D eigenvalue weighted by molar-refractivity contribution is 6.02. The van der Waals surface area contributed by atoms with E-state index in [1.54, 1.807) is 10.6 Å². The van der Waals surface area contributed by atoms with Crippen molar-refractivity contribution in [2.24, 2.45) is 0 Å². The largest absolute Gasteiger partial charge is 0.506 e. The summed E-state index contributed by atoms with van der Waals surface area (Å²) in [6, 6.07) is 16.8. The van der Waals surface area contributed by atoms with Gasteiger partial charge in [-0.25, -0.2) is 0 Å². The molecule has 4 rings (SSSR count). The third kappa shape index (κ3) is 1.32. The summed E-state index contributed by atoms with van der Waals surface area (Å²) < 4.78 is 1.60. The van der Waals surface area contributed by atoms with E-state index in [9.17, 15) is 9.90 Å². The number of benzene rings is 2. The summed E-state index contributed by atoms with van der Waals surface area (Å²) in [6.45, 7) is 0. The van der Waals surface area contributed by atoms with E-state index in [2.05, 4.69) is 0 Å². The Morgan fingerprint density at radius 1 is 0.900 bits per heavy atom. The summed E-state index contributed by atoms with van der Waals surface area (Å²) in [5.74, 6) is 0.0537. The Bertz CT molecular complexity index is 971. The van der Waals surface area contributed by atoms with E-state index < -0.39 is 0 Å². The number of para-hydroxylation sites is 1. The van der Waals surface area contributed by atoms with Gasteiger partial charge < -0.3 is 5.11 Å². The molecule has 0 aliphatic heterocycles. The molecule has 3 heteroatoms. The van der Waals surface area contributed by atoms with Gasteiger partial charge in [-0.2, -0.15) is 0 Å². The molecule has 0 fully saturated rings. The summed E-state index contributed by atoms with van der Waals surface area (Å²) in [6.07, 6.45) is 1.76. The van der Waals surface area contributed by atoms with E-state index in [1.807, 2.05) is 54.6 Å². The summed E-state index contributed by atoms with van der Waals surface area (Å²) in [7, 11) is 0. The predicted octanol–water partition coefficient (Wildman–Crippen LogP) is 3.26. The third-order valence-electron chi connectivity index (χ3n) is 3.70. The zero-order chi connectivity index (χ0) is 13.7. The molecule has 0 aliphatic carbocycles. The van der Waals surface area contributed by atoms with Gasteiger partial charge in [0.2, 0.25) is 0 Å². The highest BCUT2D eigenvalue weighted by atomic mass is 16.3. The second-order valence-corrected chi connectivity index (χ2v) is 4.82. The number of nitrogens with zero attached hydrogens (tertiary/aromatic N) is 1. The average Bonchev–Trinajstić information content (AvgIpc) is 2.91. The standard InChI is InChI=1S/C17H11NO2/c19-16-13-8-4-7-12-9-10-18(15(12)13)17(20)14(16)11-5-2-1-3-6-11/h1-10,19H. The molecule has 0 spiro atoms. The highest BCUT2D eigenvalue weighted by Crippen LogP contribution is 2.34. The van der Waals surface area contributed by atoms with Crippen LogP contribution in [0.4, 0.5) is 0 Å². The predicted molar refractivity (Wildman–Crippen MR) is 79.5 cm³/mol. The van der Waals surface area contributed by atoms with Crippen LogP contribution in [0.2, 0.25) is 0 Å². The van der Waals surface area contributed by atoms with Gasteiger partial charge in [0.15, 0.2) is 0 Å². The SMILES string of the molecule is O=c1c(-c2ccccc2)c(O)c2cccc3ccn1c32. The van der Waals surface area contributed by atoms with Gasteiger partial charge in [-0.05, 0) is 17.7 Å². The van der Waals surface area contributed by atoms with Crippen molar-refractivity contribution >= 4 is 16.3 Å². The zero-order valence-corrected chi connectivity index (χ0v) is 10.6. The first-order valence-corrected chi connectivity index (χ1v) is 6.41. The van der Waals surface area contributed by atoms with Crippen LogP contribution in [0.1, 0.15) is 0 Å². The zero-order valence-electron chi connectivity index (χ0n) is 10.6. The molecule has 0 radical (unpaired) electrons.